The normalized spacial score (nSPS) is 28.2. The molecule has 2 atom stereocenters. The lowest BCUT2D eigenvalue weighted by Crippen LogP contribution is -2.43. The minimum absolute atomic E-state index is 0.0163. The summed E-state index contributed by atoms with van der Waals surface area (Å²) in [4.78, 5) is 5.71. The number of halogens is 4. The number of hydrogen-bond acceptors (Lipinski definition) is 7. The fraction of sp³-hybridized carbons (Fsp3) is 0.630. The van der Waals surface area contributed by atoms with Crippen molar-refractivity contribution in [2.24, 2.45) is 5.73 Å². The Hall–Kier alpha value is -1.40. The quantitative estimate of drug-likeness (QED) is 0.459. The number of thiophene rings is 1. The van der Waals surface area contributed by atoms with Gasteiger partial charge in [-0.1, -0.05) is 23.7 Å². The maximum atomic E-state index is 13.3. The molecule has 11 heteroatoms. The summed E-state index contributed by atoms with van der Waals surface area (Å²) >= 11 is 8.06. The Morgan fingerprint density at radius 3 is 2.39 bits per heavy atom. The van der Waals surface area contributed by atoms with Crippen molar-refractivity contribution >= 4 is 22.9 Å². The monoisotopic (exact) mass is 571 g/mol. The van der Waals surface area contributed by atoms with Gasteiger partial charge in [-0.05, 0) is 74.4 Å². The molecule has 5 heterocycles. The summed E-state index contributed by atoms with van der Waals surface area (Å²) in [5, 5.41) is 0.656. The zero-order valence-corrected chi connectivity index (χ0v) is 22.7. The zero-order chi connectivity index (χ0) is 26.5. The molecule has 1 aromatic carbocycles. The number of hydrogen-bond donors (Lipinski definition) is 1. The Bertz CT molecular complexity index is 1140. The van der Waals surface area contributed by atoms with Gasteiger partial charge in [-0.25, -0.2) is 0 Å². The number of likely N-dealkylation sites (tertiary alicyclic amines) is 2. The van der Waals surface area contributed by atoms with Gasteiger partial charge in [-0.3, -0.25) is 4.90 Å². The van der Waals surface area contributed by atoms with Crippen LogP contribution in [0.1, 0.15) is 48.5 Å². The molecule has 208 valence electrons. The van der Waals surface area contributed by atoms with Gasteiger partial charge in [0, 0.05) is 48.3 Å². The van der Waals surface area contributed by atoms with Gasteiger partial charge in [0.1, 0.15) is 5.75 Å². The third kappa shape index (κ3) is 5.46. The molecule has 4 aliphatic heterocycles. The van der Waals surface area contributed by atoms with Crippen LogP contribution < -0.4 is 10.5 Å². The van der Waals surface area contributed by atoms with Crippen molar-refractivity contribution in [1.29, 1.82) is 0 Å². The summed E-state index contributed by atoms with van der Waals surface area (Å²) in [5.41, 5.74) is 7.05. The van der Waals surface area contributed by atoms with Crippen LogP contribution in [0.25, 0.3) is 10.4 Å². The van der Waals surface area contributed by atoms with Gasteiger partial charge in [0.25, 0.3) is 0 Å². The number of nitrogens with two attached hydrogens (primary N) is 1. The van der Waals surface area contributed by atoms with E-state index in [9.17, 15) is 13.2 Å². The summed E-state index contributed by atoms with van der Waals surface area (Å²) in [5.74, 6) is 0.161. The molecular weight excluding hydrogens is 539 g/mol. The smallest absolute Gasteiger partial charge is 0.404 e. The number of piperidine rings is 1. The molecule has 0 aliphatic carbocycles. The maximum absolute atomic E-state index is 13.3. The molecular formula is C27H33ClF3N3O3S. The molecule has 4 saturated heterocycles. The number of nitrogens with zero attached hydrogens (tertiary/aromatic N) is 2. The van der Waals surface area contributed by atoms with Crippen LogP contribution in [0.2, 0.25) is 5.02 Å². The third-order valence-corrected chi connectivity index (χ3v) is 10.0. The SMILES string of the molecule is N[C@H]1CCN(C2(c3sc(-c4ccc(C5CCN(C6CCOCC6)CC5)c(Cl)c4)cc3OC(F)(F)F)CO2)C1. The molecule has 6 nitrogen and oxygen atoms in total. The van der Waals surface area contributed by atoms with E-state index in [-0.39, 0.29) is 11.8 Å². The second kappa shape index (κ2) is 10.5. The Balaban J connectivity index is 1.21. The van der Waals surface area contributed by atoms with Crippen LogP contribution in [-0.4, -0.2) is 74.2 Å². The van der Waals surface area contributed by atoms with Gasteiger partial charge >= 0.3 is 6.36 Å². The van der Waals surface area contributed by atoms with Crippen molar-refractivity contribution in [2.45, 2.75) is 62.2 Å². The van der Waals surface area contributed by atoms with Crippen molar-refractivity contribution < 1.29 is 27.4 Å². The number of alkyl halides is 3. The van der Waals surface area contributed by atoms with Crippen molar-refractivity contribution in [3.63, 3.8) is 0 Å². The standard InChI is InChI=1S/C27H33ClF3N3O3S/c28-22-13-18(1-2-21(22)17-3-8-33(9-4-17)20-6-11-35-12-7-20)24-14-23(37-27(29,30)31)25(38-24)26(16-36-26)34-10-5-19(32)15-34/h1-2,13-14,17,19-20H,3-12,15-16,32H2/t19-,26?/m0/s1. The van der Waals surface area contributed by atoms with Crippen molar-refractivity contribution in [3.8, 4) is 16.2 Å². The van der Waals surface area contributed by atoms with Gasteiger partial charge < -0.3 is 24.8 Å². The van der Waals surface area contributed by atoms with Crippen LogP contribution in [0.4, 0.5) is 13.2 Å². The summed E-state index contributed by atoms with van der Waals surface area (Å²) in [6, 6.07) is 7.94. The largest absolute Gasteiger partial charge is 0.573 e. The molecule has 0 bridgehead atoms. The lowest BCUT2D eigenvalue weighted by atomic mass is 9.87. The van der Waals surface area contributed by atoms with E-state index in [4.69, 9.17) is 26.8 Å². The van der Waals surface area contributed by atoms with E-state index < -0.39 is 12.1 Å². The van der Waals surface area contributed by atoms with Crippen LogP contribution in [-0.2, 0) is 15.2 Å². The molecule has 4 fully saturated rings. The first-order valence-corrected chi connectivity index (χ1v) is 14.6. The second-order valence-electron chi connectivity index (χ2n) is 10.8. The highest BCUT2D eigenvalue weighted by molar-refractivity contribution is 7.16. The average Bonchev–Trinajstić information content (AvgIpc) is 3.40. The zero-order valence-electron chi connectivity index (χ0n) is 21.1. The van der Waals surface area contributed by atoms with Crippen LogP contribution in [0.3, 0.4) is 0 Å². The molecule has 0 radical (unpaired) electrons. The Morgan fingerprint density at radius 1 is 1.05 bits per heavy atom. The predicted octanol–water partition coefficient (Wildman–Crippen LogP) is 5.54. The van der Waals surface area contributed by atoms with Crippen LogP contribution in [0, 0.1) is 0 Å². The second-order valence-corrected chi connectivity index (χ2v) is 12.3. The van der Waals surface area contributed by atoms with E-state index in [0.717, 1.165) is 69.5 Å². The molecule has 4 aliphatic rings. The lowest BCUT2D eigenvalue weighted by Gasteiger charge is -2.39. The molecule has 2 aromatic rings. The Morgan fingerprint density at radius 2 is 1.79 bits per heavy atom. The Labute approximate surface area is 229 Å². The molecule has 0 saturated carbocycles. The van der Waals surface area contributed by atoms with E-state index in [1.165, 1.54) is 17.4 Å². The van der Waals surface area contributed by atoms with E-state index in [2.05, 4.69) is 9.64 Å². The van der Waals surface area contributed by atoms with Gasteiger partial charge in [0.2, 0.25) is 0 Å². The van der Waals surface area contributed by atoms with E-state index >= 15 is 0 Å². The summed E-state index contributed by atoms with van der Waals surface area (Å²) < 4.78 is 55.8. The molecule has 0 spiro atoms. The van der Waals surface area contributed by atoms with Crippen molar-refractivity contribution in [3.05, 3.63) is 39.7 Å². The van der Waals surface area contributed by atoms with E-state index in [1.807, 2.05) is 23.1 Å². The Kier molecular flexibility index (Phi) is 7.43. The number of rotatable bonds is 6. The number of benzene rings is 1. The van der Waals surface area contributed by atoms with Crippen LogP contribution in [0.15, 0.2) is 24.3 Å². The summed E-state index contributed by atoms with van der Waals surface area (Å²) in [6.45, 7) is 5.35. The van der Waals surface area contributed by atoms with Crippen LogP contribution in [0.5, 0.6) is 5.75 Å². The maximum Gasteiger partial charge on any atom is 0.573 e. The van der Waals surface area contributed by atoms with Gasteiger partial charge in [-0.2, -0.15) is 0 Å². The molecule has 1 aromatic heterocycles. The molecule has 6 rings (SSSR count). The third-order valence-electron chi connectivity index (χ3n) is 8.39. The first-order chi connectivity index (χ1) is 18.2. The molecule has 0 amide bonds. The number of ether oxygens (including phenoxy) is 3. The van der Waals surface area contributed by atoms with E-state index in [1.54, 1.807) is 0 Å². The van der Waals surface area contributed by atoms with Crippen LogP contribution >= 0.6 is 22.9 Å². The minimum Gasteiger partial charge on any atom is -0.404 e. The average molecular weight is 572 g/mol. The van der Waals surface area contributed by atoms with Crippen molar-refractivity contribution in [1.82, 2.24) is 9.80 Å². The van der Waals surface area contributed by atoms with E-state index in [0.29, 0.717) is 46.4 Å². The molecule has 2 N–H and O–H groups in total. The topological polar surface area (TPSA) is 63.5 Å². The van der Waals surface area contributed by atoms with Crippen molar-refractivity contribution in [2.75, 3.05) is 46.0 Å². The highest BCUT2D eigenvalue weighted by atomic mass is 35.5. The fourth-order valence-corrected chi connectivity index (χ4v) is 7.84. The minimum atomic E-state index is -4.80. The summed E-state index contributed by atoms with van der Waals surface area (Å²) in [7, 11) is 0. The first kappa shape index (κ1) is 26.8. The predicted molar refractivity (Wildman–Crippen MR) is 141 cm³/mol. The highest BCUT2D eigenvalue weighted by Crippen LogP contribution is 2.53. The molecule has 1 unspecified atom stereocenters. The first-order valence-electron chi connectivity index (χ1n) is 13.4. The van der Waals surface area contributed by atoms with Gasteiger partial charge in [0.15, 0.2) is 5.72 Å². The lowest BCUT2D eigenvalue weighted by molar-refractivity contribution is -0.275. The highest BCUT2D eigenvalue weighted by Gasteiger charge is 2.57. The number of epoxide rings is 1. The van der Waals surface area contributed by atoms with Gasteiger partial charge in [0.05, 0.1) is 11.5 Å². The fourth-order valence-electron chi connectivity index (χ4n) is 6.27. The molecule has 38 heavy (non-hydrogen) atoms. The van der Waals surface area contributed by atoms with Gasteiger partial charge in [-0.15, -0.1) is 24.5 Å². The summed E-state index contributed by atoms with van der Waals surface area (Å²) in [6.07, 6.45) is 0.261.